The predicted octanol–water partition coefficient (Wildman–Crippen LogP) is 12.2. The van der Waals surface area contributed by atoms with Gasteiger partial charge in [0, 0.05) is 43.7 Å². The summed E-state index contributed by atoms with van der Waals surface area (Å²) in [6.45, 7) is 0. The fraction of sp³-hybridized carbons (Fsp3) is 0. The van der Waals surface area contributed by atoms with Gasteiger partial charge in [0.25, 0.3) is 0 Å². The topological polar surface area (TPSA) is 38.6 Å². The van der Waals surface area contributed by atoms with Crippen LogP contribution in [0.15, 0.2) is 243 Å². The van der Waals surface area contributed by atoms with Crippen LogP contribution >= 0.6 is 0 Å². The summed E-state index contributed by atoms with van der Waals surface area (Å²) in [6, 6.07) is 91.0. The maximum Gasteiger partial charge on any atom is 0.179 e. The highest BCUT2D eigenvalue weighted by molar-refractivity contribution is 7.19. The molecule has 0 amide bonds. The number of rotatable bonds is 7. The van der Waals surface area contributed by atoms with Crippen molar-refractivity contribution >= 4 is 94.2 Å². The van der Waals surface area contributed by atoms with Gasteiger partial charge in [-0.15, -0.1) is 0 Å². The number of benzene rings is 10. The molecule has 10 aromatic carbocycles. The molecule has 0 spiro atoms. The lowest BCUT2D eigenvalue weighted by molar-refractivity contribution is 1.13. The second kappa shape index (κ2) is 15.0. The molecular weight excluding hydrogens is 817 g/mol. The third kappa shape index (κ3) is 5.49. The molecule has 13 rings (SSSR count). The van der Waals surface area contributed by atoms with E-state index in [0.29, 0.717) is 5.56 Å². The highest BCUT2D eigenvalue weighted by Crippen LogP contribution is 2.41. The van der Waals surface area contributed by atoms with Crippen LogP contribution in [0.4, 0.5) is 0 Å². The SMILES string of the molecule is N#Cc1ccc2c3ccccc3n(-c3ccc4c5ccccc5n(-c5cccc6c7ccccc7n(-c7ccc([Si](c8ccccc8)(c8ccccc8)c8ccccc8)cc7)c56)c4c3)c2c1. The molecule has 0 aliphatic carbocycles. The monoisotopic (exact) mass is 856 g/mol. The van der Waals surface area contributed by atoms with E-state index in [1.807, 2.05) is 12.1 Å². The fourth-order valence-electron chi connectivity index (χ4n) is 11.0. The summed E-state index contributed by atoms with van der Waals surface area (Å²) in [4.78, 5) is 0. The molecule has 4 nitrogen and oxygen atoms in total. The van der Waals surface area contributed by atoms with Crippen molar-refractivity contribution in [2.45, 2.75) is 0 Å². The van der Waals surface area contributed by atoms with E-state index in [-0.39, 0.29) is 0 Å². The van der Waals surface area contributed by atoms with Crippen LogP contribution in [0, 0.1) is 11.3 Å². The van der Waals surface area contributed by atoms with Gasteiger partial charge < -0.3 is 13.7 Å². The van der Waals surface area contributed by atoms with Crippen molar-refractivity contribution in [1.82, 2.24) is 13.7 Å². The van der Waals surface area contributed by atoms with E-state index in [1.54, 1.807) is 0 Å². The van der Waals surface area contributed by atoms with Crippen LogP contribution in [-0.2, 0) is 0 Å². The van der Waals surface area contributed by atoms with E-state index in [2.05, 4.69) is 250 Å². The van der Waals surface area contributed by atoms with Crippen LogP contribution in [0.2, 0.25) is 0 Å². The molecule has 0 radical (unpaired) electrons. The average molecular weight is 857 g/mol. The van der Waals surface area contributed by atoms with Gasteiger partial charge in [-0.05, 0) is 81.4 Å². The summed E-state index contributed by atoms with van der Waals surface area (Å²) in [5.41, 5.74) is 10.6. The first-order chi connectivity index (χ1) is 32.7. The van der Waals surface area contributed by atoms with E-state index in [0.717, 1.165) is 60.9 Å². The minimum atomic E-state index is -2.73. The molecule has 3 aromatic heterocycles. The number of hydrogen-bond acceptors (Lipinski definition) is 1. The zero-order valence-corrected chi connectivity index (χ0v) is 36.9. The standard InChI is InChI=1S/C61H40N4Si/c62-41-42-31-37-52-49-23-10-13-27-55(49)63(59(52)39-42)44-34-38-53-50-24-11-15-29-57(50)65(60(53)40-44)58-30-16-26-54-51-25-12-14-28-56(51)64(61(54)58)43-32-35-48(36-33-43)66(45-17-4-1-5-18-45,46-19-6-2-7-20-46)47-21-8-3-9-22-47/h1-40H. The van der Waals surface area contributed by atoms with Crippen LogP contribution in [-0.4, -0.2) is 21.8 Å². The van der Waals surface area contributed by atoms with E-state index >= 15 is 0 Å². The number of fused-ring (bicyclic) bond motifs is 9. The second-order valence-electron chi connectivity index (χ2n) is 17.2. The fourth-order valence-corrected chi connectivity index (χ4v) is 15.8. The first-order valence-corrected chi connectivity index (χ1v) is 24.5. The lowest BCUT2D eigenvalue weighted by Crippen LogP contribution is -2.74. The summed E-state index contributed by atoms with van der Waals surface area (Å²) in [5.74, 6) is 0. The molecule has 66 heavy (non-hydrogen) atoms. The van der Waals surface area contributed by atoms with Gasteiger partial charge in [0.05, 0.1) is 50.4 Å². The summed E-state index contributed by atoms with van der Waals surface area (Å²) in [6.07, 6.45) is 0. The van der Waals surface area contributed by atoms with Gasteiger partial charge in [0.2, 0.25) is 0 Å². The molecule has 13 aromatic rings. The lowest BCUT2D eigenvalue weighted by atomic mass is 10.1. The average Bonchev–Trinajstić information content (AvgIpc) is 4.03. The van der Waals surface area contributed by atoms with Gasteiger partial charge in [-0.3, -0.25) is 0 Å². The molecule has 0 saturated carbocycles. The molecule has 0 aliphatic rings. The Bertz CT molecular complexity index is 3950. The Morgan fingerprint density at radius 3 is 1.30 bits per heavy atom. The summed E-state index contributed by atoms with van der Waals surface area (Å²) < 4.78 is 7.25. The molecule has 0 bridgehead atoms. The van der Waals surface area contributed by atoms with Gasteiger partial charge in [-0.2, -0.15) is 5.26 Å². The van der Waals surface area contributed by atoms with Crippen molar-refractivity contribution in [3.63, 3.8) is 0 Å². The van der Waals surface area contributed by atoms with E-state index < -0.39 is 8.07 Å². The zero-order chi connectivity index (χ0) is 43.8. The highest BCUT2D eigenvalue weighted by Gasteiger charge is 2.41. The first-order valence-electron chi connectivity index (χ1n) is 22.5. The number of para-hydroxylation sites is 4. The van der Waals surface area contributed by atoms with Crippen LogP contribution in [0.3, 0.4) is 0 Å². The molecular formula is C61H40N4Si. The van der Waals surface area contributed by atoms with Gasteiger partial charge >= 0.3 is 0 Å². The Kier molecular flexibility index (Phi) is 8.57. The molecule has 5 heteroatoms. The minimum Gasteiger partial charge on any atom is -0.309 e. The molecule has 0 aliphatic heterocycles. The quantitative estimate of drug-likeness (QED) is 0.116. The third-order valence-electron chi connectivity index (χ3n) is 13.8. The van der Waals surface area contributed by atoms with Crippen LogP contribution < -0.4 is 20.7 Å². The highest BCUT2D eigenvalue weighted by atomic mass is 28.3. The second-order valence-corrected chi connectivity index (χ2v) is 21.0. The van der Waals surface area contributed by atoms with Crippen molar-refractivity contribution in [3.05, 3.63) is 248 Å². The van der Waals surface area contributed by atoms with Crippen molar-refractivity contribution in [1.29, 1.82) is 5.26 Å². The molecule has 3 heterocycles. The molecule has 0 N–H and O–H groups in total. The van der Waals surface area contributed by atoms with Crippen LogP contribution in [0.5, 0.6) is 0 Å². The lowest BCUT2D eigenvalue weighted by Gasteiger charge is -2.34. The Hall–Kier alpha value is -8.69. The Morgan fingerprint density at radius 1 is 0.303 bits per heavy atom. The Morgan fingerprint density at radius 2 is 0.727 bits per heavy atom. The van der Waals surface area contributed by atoms with E-state index in [9.17, 15) is 5.26 Å². The summed E-state index contributed by atoms with van der Waals surface area (Å²) in [7, 11) is -2.73. The smallest absolute Gasteiger partial charge is 0.179 e. The molecule has 308 valence electrons. The third-order valence-corrected chi connectivity index (χ3v) is 18.6. The first kappa shape index (κ1) is 37.8. The van der Waals surface area contributed by atoms with E-state index in [4.69, 9.17) is 0 Å². The predicted molar refractivity (Wildman–Crippen MR) is 278 cm³/mol. The van der Waals surface area contributed by atoms with Crippen molar-refractivity contribution in [2.24, 2.45) is 0 Å². The minimum absolute atomic E-state index is 0.641. The van der Waals surface area contributed by atoms with Gasteiger partial charge in [-0.25, -0.2) is 0 Å². The molecule has 0 fully saturated rings. The summed E-state index contributed by atoms with van der Waals surface area (Å²) in [5, 5.41) is 22.5. The van der Waals surface area contributed by atoms with Gasteiger partial charge in [-0.1, -0.05) is 182 Å². The van der Waals surface area contributed by atoms with Gasteiger partial charge in [0.15, 0.2) is 8.07 Å². The van der Waals surface area contributed by atoms with Crippen molar-refractivity contribution in [3.8, 4) is 23.1 Å². The van der Waals surface area contributed by atoms with Crippen LogP contribution in [0.25, 0.3) is 82.5 Å². The van der Waals surface area contributed by atoms with E-state index in [1.165, 1.54) is 42.3 Å². The molecule has 0 unspecified atom stereocenters. The number of hydrogen-bond donors (Lipinski definition) is 0. The number of nitrogens with zero attached hydrogens (tertiary/aromatic N) is 4. The Labute approximate surface area is 382 Å². The normalized spacial score (nSPS) is 11.9. The van der Waals surface area contributed by atoms with Gasteiger partial charge in [0.1, 0.15) is 0 Å². The van der Waals surface area contributed by atoms with Crippen molar-refractivity contribution in [2.75, 3.05) is 0 Å². The number of nitriles is 1. The molecule has 0 saturated heterocycles. The molecule has 0 atom stereocenters. The zero-order valence-electron chi connectivity index (χ0n) is 35.9. The van der Waals surface area contributed by atoms with Crippen molar-refractivity contribution < 1.29 is 0 Å². The summed E-state index contributed by atoms with van der Waals surface area (Å²) >= 11 is 0. The van der Waals surface area contributed by atoms with Crippen LogP contribution in [0.1, 0.15) is 5.56 Å². The number of aromatic nitrogens is 3. The Balaban J connectivity index is 1.07. The maximum atomic E-state index is 9.99. The maximum absolute atomic E-state index is 9.99. The largest absolute Gasteiger partial charge is 0.309 e.